The molecule has 6 heteroatoms. The van der Waals surface area contributed by atoms with Crippen LogP contribution in [0.4, 0.5) is 5.69 Å². The first-order valence-corrected chi connectivity index (χ1v) is 7.74. The predicted molar refractivity (Wildman–Crippen MR) is 82.2 cm³/mol. The van der Waals surface area contributed by atoms with E-state index in [1.807, 2.05) is 23.1 Å². The van der Waals surface area contributed by atoms with Gasteiger partial charge < -0.3 is 20.7 Å². The lowest BCUT2D eigenvalue weighted by Crippen LogP contribution is -2.35. The Morgan fingerprint density at radius 3 is 3.10 bits per heavy atom. The van der Waals surface area contributed by atoms with Crippen molar-refractivity contribution in [3.8, 4) is 5.75 Å². The quantitative estimate of drug-likeness (QED) is 0.645. The number of carbonyl (C=O) groups is 1. The Balaban J connectivity index is 1.92. The number of nitrogens with one attached hydrogen (secondary N) is 1. The van der Waals surface area contributed by atoms with E-state index in [1.165, 1.54) is 11.8 Å². The van der Waals surface area contributed by atoms with Crippen molar-refractivity contribution in [3.63, 3.8) is 0 Å². The van der Waals surface area contributed by atoms with Crippen LogP contribution in [0.3, 0.4) is 0 Å². The smallest absolute Gasteiger partial charge is 0.232 e. The average molecular weight is 295 g/mol. The third kappa shape index (κ3) is 4.05. The van der Waals surface area contributed by atoms with E-state index < -0.39 is 0 Å². The van der Waals surface area contributed by atoms with E-state index in [2.05, 4.69) is 5.32 Å². The molecule has 0 bridgehead atoms. The van der Waals surface area contributed by atoms with Crippen molar-refractivity contribution in [2.24, 2.45) is 0 Å². The minimum absolute atomic E-state index is 0.168. The van der Waals surface area contributed by atoms with Gasteiger partial charge in [-0.15, -0.1) is 11.8 Å². The van der Waals surface area contributed by atoms with Crippen molar-refractivity contribution in [1.29, 1.82) is 0 Å². The van der Waals surface area contributed by atoms with Gasteiger partial charge in [-0.1, -0.05) is 0 Å². The van der Waals surface area contributed by atoms with Gasteiger partial charge in [-0.2, -0.15) is 0 Å². The zero-order chi connectivity index (χ0) is 14.4. The van der Waals surface area contributed by atoms with Crippen LogP contribution in [0.1, 0.15) is 6.42 Å². The highest BCUT2D eigenvalue weighted by molar-refractivity contribution is 8.00. The second-order valence-electron chi connectivity index (χ2n) is 4.68. The van der Waals surface area contributed by atoms with Gasteiger partial charge in [-0.25, -0.2) is 0 Å². The van der Waals surface area contributed by atoms with Gasteiger partial charge in [0, 0.05) is 30.2 Å². The fourth-order valence-corrected chi connectivity index (χ4v) is 2.99. The second kappa shape index (κ2) is 7.40. The Labute approximate surface area is 123 Å². The first-order valence-electron chi connectivity index (χ1n) is 6.75. The molecule has 0 atom stereocenters. The van der Waals surface area contributed by atoms with Gasteiger partial charge >= 0.3 is 0 Å². The van der Waals surface area contributed by atoms with Crippen molar-refractivity contribution >= 4 is 23.4 Å². The van der Waals surface area contributed by atoms with Crippen LogP contribution in [0.2, 0.25) is 0 Å². The van der Waals surface area contributed by atoms with E-state index in [4.69, 9.17) is 10.5 Å². The third-order valence-corrected chi connectivity index (χ3v) is 4.32. The summed E-state index contributed by atoms with van der Waals surface area (Å²) in [5.41, 5.74) is 6.60. The molecule has 1 heterocycles. The number of hydrogen-bond acceptors (Lipinski definition) is 5. The number of nitrogens with zero attached hydrogens (tertiary/aromatic N) is 1. The molecule has 3 N–H and O–H groups in total. The van der Waals surface area contributed by atoms with Gasteiger partial charge in [0.15, 0.2) is 0 Å². The number of thioether (sulfide) groups is 1. The maximum absolute atomic E-state index is 12.2. The number of amides is 1. The van der Waals surface area contributed by atoms with Crippen molar-refractivity contribution in [2.75, 3.05) is 44.8 Å². The lowest BCUT2D eigenvalue weighted by Gasteiger charge is -2.19. The Hall–Kier alpha value is -1.40. The summed E-state index contributed by atoms with van der Waals surface area (Å²) in [5, 5.41) is 3.29. The molecular weight excluding hydrogens is 274 g/mol. The Kier molecular flexibility index (Phi) is 5.55. The molecule has 1 amide bonds. The fraction of sp³-hybridized carbons (Fsp3) is 0.500. The normalized spacial score (nSPS) is 15.8. The highest BCUT2D eigenvalue weighted by Crippen LogP contribution is 2.29. The average Bonchev–Trinajstić information content (AvgIpc) is 2.75. The highest BCUT2D eigenvalue weighted by atomic mass is 32.2. The number of rotatable bonds is 4. The summed E-state index contributed by atoms with van der Waals surface area (Å²) < 4.78 is 5.18. The number of anilines is 1. The topological polar surface area (TPSA) is 67.6 Å². The molecule has 20 heavy (non-hydrogen) atoms. The van der Waals surface area contributed by atoms with Gasteiger partial charge in [0.25, 0.3) is 0 Å². The molecule has 5 nitrogen and oxygen atoms in total. The molecule has 1 fully saturated rings. The van der Waals surface area contributed by atoms with E-state index in [-0.39, 0.29) is 5.91 Å². The number of benzene rings is 1. The van der Waals surface area contributed by atoms with Crippen molar-refractivity contribution < 1.29 is 9.53 Å². The van der Waals surface area contributed by atoms with Crippen molar-refractivity contribution in [2.45, 2.75) is 11.3 Å². The molecule has 0 saturated carbocycles. The zero-order valence-electron chi connectivity index (χ0n) is 11.7. The largest absolute Gasteiger partial charge is 0.497 e. The van der Waals surface area contributed by atoms with Gasteiger partial charge in [0.2, 0.25) is 5.91 Å². The summed E-state index contributed by atoms with van der Waals surface area (Å²) in [4.78, 5) is 15.0. The first kappa shape index (κ1) is 15.0. The Bertz CT molecular complexity index is 460. The minimum atomic E-state index is 0.168. The first-order chi connectivity index (χ1) is 9.70. The van der Waals surface area contributed by atoms with Gasteiger partial charge in [-0.3, -0.25) is 4.79 Å². The van der Waals surface area contributed by atoms with E-state index in [0.717, 1.165) is 43.2 Å². The maximum Gasteiger partial charge on any atom is 0.232 e. The molecule has 1 aliphatic rings. The number of hydrogen-bond donors (Lipinski definition) is 2. The summed E-state index contributed by atoms with van der Waals surface area (Å²) in [6.45, 7) is 3.48. The third-order valence-electron chi connectivity index (χ3n) is 3.26. The molecule has 1 aromatic rings. The second-order valence-corrected chi connectivity index (χ2v) is 5.69. The van der Waals surface area contributed by atoms with Crippen molar-refractivity contribution in [3.05, 3.63) is 18.2 Å². The van der Waals surface area contributed by atoms with E-state index >= 15 is 0 Å². The molecule has 0 aliphatic carbocycles. The number of carbonyl (C=O) groups excluding carboxylic acids is 1. The highest BCUT2D eigenvalue weighted by Gasteiger charge is 2.15. The lowest BCUT2D eigenvalue weighted by molar-refractivity contribution is -0.128. The number of nitrogen functional groups attached to an aromatic ring is 1. The molecule has 0 aromatic heterocycles. The molecular formula is C14H21N3O2S. The van der Waals surface area contributed by atoms with Crippen LogP contribution in [0.5, 0.6) is 5.75 Å². The summed E-state index contributed by atoms with van der Waals surface area (Å²) >= 11 is 1.47. The van der Waals surface area contributed by atoms with Crippen molar-refractivity contribution in [1.82, 2.24) is 10.2 Å². The summed E-state index contributed by atoms with van der Waals surface area (Å²) in [7, 11) is 1.62. The summed E-state index contributed by atoms with van der Waals surface area (Å²) in [6, 6.07) is 5.50. The molecule has 0 radical (unpaired) electrons. The van der Waals surface area contributed by atoms with Crippen LogP contribution in [-0.2, 0) is 4.79 Å². The van der Waals surface area contributed by atoms with Crippen LogP contribution in [-0.4, -0.2) is 49.8 Å². The van der Waals surface area contributed by atoms with Crippen LogP contribution in [0, 0.1) is 0 Å². The molecule has 0 unspecified atom stereocenters. The molecule has 0 spiro atoms. The van der Waals surface area contributed by atoms with Gasteiger partial charge in [0.05, 0.1) is 12.9 Å². The molecule has 110 valence electrons. The molecule has 1 aliphatic heterocycles. The van der Waals surface area contributed by atoms with Gasteiger partial charge in [0.1, 0.15) is 5.75 Å². The number of nitrogens with two attached hydrogens (primary N) is 1. The molecule has 2 rings (SSSR count). The Morgan fingerprint density at radius 2 is 2.30 bits per heavy atom. The van der Waals surface area contributed by atoms with Crippen LogP contribution in [0.25, 0.3) is 0 Å². The molecule has 1 saturated heterocycles. The lowest BCUT2D eigenvalue weighted by atomic mass is 10.3. The van der Waals surface area contributed by atoms with Crippen LogP contribution in [0.15, 0.2) is 23.1 Å². The SMILES string of the molecule is COc1ccc(N)c(SCC(=O)N2CCCNCC2)c1. The standard InChI is InChI=1S/C14H21N3O2S/c1-19-11-3-4-12(15)13(9-11)20-10-14(18)17-7-2-5-16-6-8-17/h3-4,9,16H,2,5-8,10,15H2,1H3. The summed E-state index contributed by atoms with van der Waals surface area (Å²) in [5.74, 6) is 1.34. The summed E-state index contributed by atoms with van der Waals surface area (Å²) in [6.07, 6.45) is 1.01. The van der Waals surface area contributed by atoms with Crippen LogP contribution >= 0.6 is 11.8 Å². The Morgan fingerprint density at radius 1 is 1.45 bits per heavy atom. The van der Waals surface area contributed by atoms with E-state index in [0.29, 0.717) is 11.4 Å². The van der Waals surface area contributed by atoms with E-state index in [9.17, 15) is 4.79 Å². The van der Waals surface area contributed by atoms with Gasteiger partial charge in [-0.05, 0) is 31.2 Å². The van der Waals surface area contributed by atoms with E-state index in [1.54, 1.807) is 7.11 Å². The predicted octanol–water partition coefficient (Wildman–Crippen LogP) is 1.19. The zero-order valence-corrected chi connectivity index (χ0v) is 12.5. The number of ether oxygens (including phenoxy) is 1. The monoisotopic (exact) mass is 295 g/mol. The molecule has 1 aromatic carbocycles. The minimum Gasteiger partial charge on any atom is -0.497 e. The maximum atomic E-state index is 12.2. The fourth-order valence-electron chi connectivity index (χ4n) is 2.09. The number of methoxy groups -OCH3 is 1. The van der Waals surface area contributed by atoms with Crippen LogP contribution < -0.4 is 15.8 Å².